The van der Waals surface area contributed by atoms with Gasteiger partial charge in [-0.05, 0) is 24.3 Å². The Labute approximate surface area is 126 Å². The van der Waals surface area contributed by atoms with Crippen molar-refractivity contribution in [3.05, 3.63) is 58.9 Å². The molecule has 0 bridgehead atoms. The molecule has 2 aromatic carbocycles. The van der Waals surface area contributed by atoms with Crippen LogP contribution in [0.25, 0.3) is 0 Å². The number of fused-ring (bicyclic) bond motifs is 1. The van der Waals surface area contributed by atoms with Gasteiger partial charge in [-0.15, -0.1) is 0 Å². The van der Waals surface area contributed by atoms with Crippen molar-refractivity contribution in [2.45, 2.75) is 18.6 Å². The highest BCUT2D eigenvalue weighted by Gasteiger charge is 2.28. The smallest absolute Gasteiger partial charge is 0.161 e. The Morgan fingerprint density at radius 2 is 1.95 bits per heavy atom. The second-order valence-corrected chi connectivity index (χ2v) is 5.29. The topological polar surface area (TPSA) is 38.7 Å². The molecule has 3 rings (SSSR count). The summed E-state index contributed by atoms with van der Waals surface area (Å²) in [5.74, 6) is 0.788. The third kappa shape index (κ3) is 2.96. The van der Waals surface area contributed by atoms with Crippen molar-refractivity contribution in [2.24, 2.45) is 0 Å². The van der Waals surface area contributed by atoms with E-state index in [9.17, 15) is 9.50 Å². The Hall–Kier alpha value is -1.78. The van der Waals surface area contributed by atoms with Crippen LogP contribution < -0.4 is 9.47 Å². The number of hydrogen-bond donors (Lipinski definition) is 1. The molecule has 2 atom stereocenters. The quantitative estimate of drug-likeness (QED) is 0.946. The number of ether oxygens (including phenoxy) is 2. The Bertz CT molecular complexity index is 627. The molecule has 110 valence electrons. The maximum atomic E-state index is 13.7. The summed E-state index contributed by atoms with van der Waals surface area (Å²) in [4.78, 5) is 0. The van der Waals surface area contributed by atoms with Gasteiger partial charge in [-0.25, -0.2) is 4.39 Å². The number of hydrogen-bond acceptors (Lipinski definition) is 3. The van der Waals surface area contributed by atoms with E-state index in [-0.39, 0.29) is 18.6 Å². The molecule has 1 aliphatic rings. The molecule has 0 aliphatic carbocycles. The first kappa shape index (κ1) is 14.2. The normalized spacial score (nSPS) is 18.3. The van der Waals surface area contributed by atoms with Gasteiger partial charge in [0.25, 0.3) is 0 Å². The van der Waals surface area contributed by atoms with E-state index in [1.165, 1.54) is 12.1 Å². The van der Waals surface area contributed by atoms with Gasteiger partial charge in [0.1, 0.15) is 12.4 Å². The van der Waals surface area contributed by atoms with Gasteiger partial charge < -0.3 is 14.6 Å². The highest BCUT2D eigenvalue weighted by Crippen LogP contribution is 2.32. The van der Waals surface area contributed by atoms with Crippen molar-refractivity contribution in [3.63, 3.8) is 0 Å². The van der Waals surface area contributed by atoms with E-state index in [4.69, 9.17) is 21.1 Å². The third-order valence-electron chi connectivity index (χ3n) is 3.43. The maximum absolute atomic E-state index is 13.7. The van der Waals surface area contributed by atoms with Gasteiger partial charge in [0.2, 0.25) is 0 Å². The summed E-state index contributed by atoms with van der Waals surface area (Å²) >= 11 is 5.97. The van der Waals surface area contributed by atoms with Crippen LogP contribution in [0.3, 0.4) is 0 Å². The lowest BCUT2D eigenvalue weighted by atomic mass is 10.0. The second kappa shape index (κ2) is 5.92. The standard InChI is InChI=1S/C16H14ClFO3/c17-11-4-3-5-12(18)10(11)8-13(19)16-9-20-14-6-1-2-7-15(14)21-16/h1-7,13,16,19H,8-9H2. The lowest BCUT2D eigenvalue weighted by Crippen LogP contribution is -2.41. The molecular weight excluding hydrogens is 295 g/mol. The SMILES string of the molecule is OC(Cc1c(F)cccc1Cl)C1COc2ccccc2O1. The summed E-state index contributed by atoms with van der Waals surface area (Å²) < 4.78 is 25.0. The van der Waals surface area contributed by atoms with Crippen LogP contribution in [0.1, 0.15) is 5.56 Å². The van der Waals surface area contributed by atoms with Gasteiger partial charge in [0.15, 0.2) is 17.6 Å². The van der Waals surface area contributed by atoms with Crippen LogP contribution in [-0.4, -0.2) is 23.9 Å². The van der Waals surface area contributed by atoms with E-state index in [0.717, 1.165) is 0 Å². The lowest BCUT2D eigenvalue weighted by molar-refractivity contribution is -0.00972. The fraction of sp³-hybridized carbons (Fsp3) is 0.250. The molecule has 0 saturated carbocycles. The monoisotopic (exact) mass is 308 g/mol. The number of halogens is 2. The molecule has 0 amide bonds. The van der Waals surface area contributed by atoms with Crippen LogP contribution in [0.15, 0.2) is 42.5 Å². The molecule has 2 aromatic rings. The largest absolute Gasteiger partial charge is 0.486 e. The van der Waals surface area contributed by atoms with Gasteiger partial charge in [-0.2, -0.15) is 0 Å². The van der Waals surface area contributed by atoms with Crippen molar-refractivity contribution >= 4 is 11.6 Å². The minimum Gasteiger partial charge on any atom is -0.486 e. The van der Waals surface area contributed by atoms with Crippen molar-refractivity contribution in [2.75, 3.05) is 6.61 Å². The van der Waals surface area contributed by atoms with Crippen LogP contribution in [-0.2, 0) is 6.42 Å². The summed E-state index contributed by atoms with van der Waals surface area (Å²) in [5.41, 5.74) is 0.286. The highest BCUT2D eigenvalue weighted by atomic mass is 35.5. The van der Waals surface area contributed by atoms with Gasteiger partial charge in [0, 0.05) is 17.0 Å². The van der Waals surface area contributed by atoms with Crippen LogP contribution in [0.2, 0.25) is 5.02 Å². The first-order valence-electron chi connectivity index (χ1n) is 6.64. The molecule has 0 aromatic heterocycles. The van der Waals surface area contributed by atoms with Crippen LogP contribution in [0.5, 0.6) is 11.5 Å². The fourth-order valence-electron chi connectivity index (χ4n) is 2.29. The molecule has 1 N–H and O–H groups in total. The van der Waals surface area contributed by atoms with Crippen LogP contribution >= 0.6 is 11.6 Å². The Morgan fingerprint density at radius 1 is 1.19 bits per heavy atom. The highest BCUT2D eigenvalue weighted by molar-refractivity contribution is 6.31. The molecule has 21 heavy (non-hydrogen) atoms. The molecular formula is C16H14ClFO3. The van der Waals surface area contributed by atoms with Crippen LogP contribution in [0, 0.1) is 5.82 Å². The fourth-order valence-corrected chi connectivity index (χ4v) is 2.53. The predicted octanol–water partition coefficient (Wildman–Crippen LogP) is 3.22. The van der Waals surface area contributed by atoms with E-state index in [2.05, 4.69) is 0 Å². The molecule has 0 spiro atoms. The van der Waals surface area contributed by atoms with Crippen LogP contribution in [0.4, 0.5) is 4.39 Å². The van der Waals surface area contributed by atoms with E-state index in [1.807, 2.05) is 12.1 Å². The molecule has 1 heterocycles. The summed E-state index contributed by atoms with van der Waals surface area (Å²) in [5, 5.41) is 10.6. The molecule has 0 fully saturated rings. The average molecular weight is 309 g/mol. The zero-order valence-corrected chi connectivity index (χ0v) is 11.9. The minimum atomic E-state index is -0.909. The number of benzene rings is 2. The van der Waals surface area contributed by atoms with E-state index >= 15 is 0 Å². The number of aliphatic hydroxyl groups is 1. The van der Waals surface area contributed by atoms with Crippen molar-refractivity contribution < 1.29 is 19.0 Å². The minimum absolute atomic E-state index is 0.0711. The van der Waals surface area contributed by atoms with Gasteiger partial charge in [-0.3, -0.25) is 0 Å². The van der Waals surface area contributed by atoms with Crippen molar-refractivity contribution in [1.82, 2.24) is 0 Å². The summed E-state index contributed by atoms with van der Waals surface area (Å²) in [6, 6.07) is 11.7. The molecule has 0 saturated heterocycles. The van der Waals surface area contributed by atoms with E-state index < -0.39 is 18.0 Å². The second-order valence-electron chi connectivity index (χ2n) is 4.89. The summed E-state index contributed by atoms with van der Waals surface area (Å²) in [7, 11) is 0. The zero-order chi connectivity index (χ0) is 14.8. The molecule has 2 unspecified atom stereocenters. The summed E-state index contributed by atoms with van der Waals surface area (Å²) in [6.45, 7) is 0.213. The Kier molecular flexibility index (Phi) is 3.99. The van der Waals surface area contributed by atoms with E-state index in [1.54, 1.807) is 18.2 Å². The molecule has 3 nitrogen and oxygen atoms in total. The first-order valence-corrected chi connectivity index (χ1v) is 7.02. The van der Waals surface area contributed by atoms with Crippen molar-refractivity contribution in [3.8, 4) is 11.5 Å². The van der Waals surface area contributed by atoms with Gasteiger partial charge in [-0.1, -0.05) is 29.8 Å². The third-order valence-corrected chi connectivity index (χ3v) is 3.79. The lowest BCUT2D eigenvalue weighted by Gasteiger charge is -2.29. The van der Waals surface area contributed by atoms with E-state index in [0.29, 0.717) is 16.5 Å². The average Bonchev–Trinajstić information content (AvgIpc) is 2.50. The number of aliphatic hydroxyl groups excluding tert-OH is 1. The Morgan fingerprint density at radius 3 is 2.71 bits per heavy atom. The first-order chi connectivity index (χ1) is 10.1. The molecule has 1 aliphatic heterocycles. The number of rotatable bonds is 3. The van der Waals surface area contributed by atoms with Gasteiger partial charge in [0.05, 0.1) is 6.10 Å². The van der Waals surface area contributed by atoms with Gasteiger partial charge >= 0.3 is 0 Å². The molecule has 5 heteroatoms. The maximum Gasteiger partial charge on any atom is 0.161 e. The van der Waals surface area contributed by atoms with Crippen molar-refractivity contribution in [1.29, 1.82) is 0 Å². The summed E-state index contributed by atoms with van der Waals surface area (Å²) in [6.07, 6.45) is -1.40. The predicted molar refractivity (Wildman–Crippen MR) is 77.5 cm³/mol. The Balaban J connectivity index is 1.74. The molecule has 0 radical (unpaired) electrons. The zero-order valence-electron chi connectivity index (χ0n) is 11.1. The number of para-hydroxylation sites is 2.